The van der Waals surface area contributed by atoms with Gasteiger partial charge >= 0.3 is 0 Å². The van der Waals surface area contributed by atoms with Crippen molar-refractivity contribution >= 4 is 28.1 Å². The molecule has 0 aliphatic carbocycles. The highest BCUT2D eigenvalue weighted by Crippen LogP contribution is 2.31. The van der Waals surface area contributed by atoms with Crippen LogP contribution in [-0.2, 0) is 0 Å². The summed E-state index contributed by atoms with van der Waals surface area (Å²) in [5.74, 6) is 0. The number of hydrogen-bond acceptors (Lipinski definition) is 1. The average molecular weight is 232 g/mol. The molecule has 0 unspecified atom stereocenters. The number of hydrogen-bond donors (Lipinski definition) is 0. The molecule has 0 radical (unpaired) electrons. The Morgan fingerprint density at radius 2 is 2.00 bits per heavy atom. The fourth-order valence-corrected chi connectivity index (χ4v) is 2.28. The summed E-state index contributed by atoms with van der Waals surface area (Å²) in [5.41, 5.74) is 5.20. The minimum Gasteiger partial charge on any atom is -0.255 e. The van der Waals surface area contributed by atoms with Crippen molar-refractivity contribution < 1.29 is 0 Å². The van der Waals surface area contributed by atoms with Crippen molar-refractivity contribution in [2.45, 2.75) is 20.8 Å². The first-order valence-electron chi connectivity index (χ1n) is 5.22. The highest BCUT2D eigenvalue weighted by atomic mass is 35.5. The van der Waals surface area contributed by atoms with E-state index in [1.165, 1.54) is 5.56 Å². The van der Waals surface area contributed by atoms with Crippen LogP contribution in [-0.4, -0.2) is 4.98 Å². The molecule has 2 aromatic rings. The van der Waals surface area contributed by atoms with E-state index in [4.69, 9.17) is 11.6 Å². The molecule has 1 nitrogen and oxygen atoms in total. The van der Waals surface area contributed by atoms with Gasteiger partial charge in [0.05, 0.1) is 10.5 Å². The van der Waals surface area contributed by atoms with E-state index in [1.54, 1.807) is 6.20 Å². The normalized spacial score (nSPS) is 10.8. The number of halogens is 1. The van der Waals surface area contributed by atoms with Crippen LogP contribution >= 0.6 is 11.6 Å². The minimum atomic E-state index is 0.754. The molecule has 0 saturated carbocycles. The Balaban J connectivity index is 2.89. The summed E-state index contributed by atoms with van der Waals surface area (Å²) in [6.45, 7) is 9.98. The summed E-state index contributed by atoms with van der Waals surface area (Å²) >= 11 is 6.38. The summed E-state index contributed by atoms with van der Waals surface area (Å²) in [6, 6.07) is 4.19. The van der Waals surface area contributed by atoms with E-state index in [0.717, 1.165) is 32.6 Å². The van der Waals surface area contributed by atoms with Gasteiger partial charge in [-0.15, -0.1) is 0 Å². The van der Waals surface area contributed by atoms with Gasteiger partial charge in [-0.05, 0) is 38.0 Å². The number of aryl methyl sites for hydroxylation is 2. The Morgan fingerprint density at radius 3 is 2.62 bits per heavy atom. The molecule has 1 aromatic heterocycles. The third kappa shape index (κ3) is 1.72. The molecule has 0 aliphatic rings. The molecule has 82 valence electrons. The van der Waals surface area contributed by atoms with E-state index < -0.39 is 0 Å². The minimum absolute atomic E-state index is 0.754. The predicted molar refractivity (Wildman–Crippen MR) is 70.9 cm³/mol. The van der Waals surface area contributed by atoms with E-state index in [2.05, 4.69) is 37.5 Å². The first-order chi connectivity index (χ1) is 7.50. The Bertz CT molecular complexity index is 585. The van der Waals surface area contributed by atoms with Crippen molar-refractivity contribution in [3.63, 3.8) is 0 Å². The van der Waals surface area contributed by atoms with Gasteiger partial charge < -0.3 is 0 Å². The lowest BCUT2D eigenvalue weighted by molar-refractivity contribution is 1.32. The summed E-state index contributed by atoms with van der Waals surface area (Å²) in [7, 11) is 0. The molecule has 1 aromatic carbocycles. The number of benzene rings is 1. The maximum absolute atomic E-state index is 6.38. The maximum Gasteiger partial charge on any atom is 0.0746 e. The molecule has 0 saturated heterocycles. The van der Waals surface area contributed by atoms with Crippen molar-refractivity contribution in [2.24, 2.45) is 0 Å². The SMILES string of the molecule is C=C(C)c1cnc2c(C)cc(C)cc2c1Cl. The van der Waals surface area contributed by atoms with E-state index in [1.807, 2.05) is 6.92 Å². The molecule has 0 bridgehead atoms. The van der Waals surface area contributed by atoms with Gasteiger partial charge in [-0.2, -0.15) is 0 Å². The molecule has 0 atom stereocenters. The van der Waals surface area contributed by atoms with Crippen molar-refractivity contribution in [3.05, 3.63) is 46.6 Å². The largest absolute Gasteiger partial charge is 0.255 e. The third-order valence-corrected chi connectivity index (χ3v) is 3.11. The molecule has 0 aliphatic heterocycles. The number of aromatic nitrogens is 1. The zero-order chi connectivity index (χ0) is 11.9. The van der Waals surface area contributed by atoms with Crippen LogP contribution in [0.2, 0.25) is 5.02 Å². The molecule has 16 heavy (non-hydrogen) atoms. The molecule has 2 heteroatoms. The van der Waals surface area contributed by atoms with Crippen LogP contribution in [0, 0.1) is 13.8 Å². The fourth-order valence-electron chi connectivity index (χ4n) is 1.93. The van der Waals surface area contributed by atoms with Crippen molar-refractivity contribution in [3.8, 4) is 0 Å². The predicted octanol–water partition coefficient (Wildman–Crippen LogP) is 4.54. The van der Waals surface area contributed by atoms with E-state index in [0.29, 0.717) is 0 Å². The maximum atomic E-state index is 6.38. The van der Waals surface area contributed by atoms with Crippen molar-refractivity contribution in [2.75, 3.05) is 0 Å². The number of rotatable bonds is 1. The zero-order valence-electron chi connectivity index (χ0n) is 9.76. The fraction of sp³-hybridized carbons (Fsp3) is 0.214. The Labute approximate surface area is 101 Å². The van der Waals surface area contributed by atoms with Gasteiger partial charge in [0.2, 0.25) is 0 Å². The number of allylic oxidation sites excluding steroid dienone is 1. The van der Waals surface area contributed by atoms with Gasteiger partial charge in [-0.1, -0.05) is 29.8 Å². The highest BCUT2D eigenvalue weighted by Gasteiger charge is 2.09. The highest BCUT2D eigenvalue weighted by molar-refractivity contribution is 6.37. The molecule has 0 fully saturated rings. The van der Waals surface area contributed by atoms with Crippen LogP contribution in [0.15, 0.2) is 24.9 Å². The summed E-state index contributed by atoms with van der Waals surface area (Å²) in [6.07, 6.45) is 1.80. The average Bonchev–Trinajstić information content (AvgIpc) is 2.19. The number of fused-ring (bicyclic) bond motifs is 1. The third-order valence-electron chi connectivity index (χ3n) is 2.70. The second-order valence-corrected chi connectivity index (χ2v) is 4.62. The van der Waals surface area contributed by atoms with Crippen LogP contribution in [0.25, 0.3) is 16.5 Å². The van der Waals surface area contributed by atoms with Gasteiger partial charge in [0, 0.05) is 17.1 Å². The molecular weight excluding hydrogens is 218 g/mol. The van der Waals surface area contributed by atoms with Crippen LogP contribution in [0.3, 0.4) is 0 Å². The van der Waals surface area contributed by atoms with Gasteiger partial charge in [-0.3, -0.25) is 4.98 Å². The quantitative estimate of drug-likeness (QED) is 0.702. The van der Waals surface area contributed by atoms with Gasteiger partial charge in [-0.25, -0.2) is 0 Å². The van der Waals surface area contributed by atoms with Crippen LogP contribution < -0.4 is 0 Å². The second kappa shape index (κ2) is 3.91. The first-order valence-corrected chi connectivity index (χ1v) is 5.60. The van der Waals surface area contributed by atoms with Gasteiger partial charge in [0.1, 0.15) is 0 Å². The standard InChI is InChI=1S/C14H14ClN/c1-8(2)12-7-16-14-10(4)5-9(3)6-11(14)13(12)15/h5-7H,1H2,2-4H3. The number of pyridine rings is 1. The molecule has 0 amide bonds. The smallest absolute Gasteiger partial charge is 0.0746 e. The van der Waals surface area contributed by atoms with Crippen LogP contribution in [0.1, 0.15) is 23.6 Å². The van der Waals surface area contributed by atoms with Crippen LogP contribution in [0.4, 0.5) is 0 Å². The van der Waals surface area contributed by atoms with Crippen molar-refractivity contribution in [1.29, 1.82) is 0 Å². The summed E-state index contributed by atoms with van der Waals surface area (Å²) in [4.78, 5) is 4.46. The lowest BCUT2D eigenvalue weighted by Crippen LogP contribution is -1.90. The molecule has 0 spiro atoms. The van der Waals surface area contributed by atoms with Crippen LogP contribution in [0.5, 0.6) is 0 Å². The second-order valence-electron chi connectivity index (χ2n) is 4.24. The van der Waals surface area contributed by atoms with E-state index >= 15 is 0 Å². The molecule has 1 heterocycles. The van der Waals surface area contributed by atoms with Gasteiger partial charge in [0.15, 0.2) is 0 Å². The first kappa shape index (κ1) is 11.2. The molecule has 2 rings (SSSR count). The monoisotopic (exact) mass is 231 g/mol. The zero-order valence-corrected chi connectivity index (χ0v) is 10.5. The Kier molecular flexibility index (Phi) is 2.73. The van der Waals surface area contributed by atoms with Crippen molar-refractivity contribution in [1.82, 2.24) is 4.98 Å². The molecular formula is C14H14ClN. The van der Waals surface area contributed by atoms with E-state index in [9.17, 15) is 0 Å². The lowest BCUT2D eigenvalue weighted by atomic mass is 10.0. The molecule has 0 N–H and O–H groups in total. The lowest BCUT2D eigenvalue weighted by Gasteiger charge is -2.09. The Hall–Kier alpha value is -1.34. The van der Waals surface area contributed by atoms with E-state index in [-0.39, 0.29) is 0 Å². The summed E-state index contributed by atoms with van der Waals surface area (Å²) in [5, 5.41) is 1.77. The van der Waals surface area contributed by atoms with Gasteiger partial charge in [0.25, 0.3) is 0 Å². The Morgan fingerprint density at radius 1 is 1.31 bits per heavy atom. The topological polar surface area (TPSA) is 12.9 Å². The summed E-state index contributed by atoms with van der Waals surface area (Å²) < 4.78 is 0. The number of nitrogens with zero attached hydrogens (tertiary/aromatic N) is 1.